The van der Waals surface area contributed by atoms with Crippen LogP contribution in [0.4, 0.5) is 5.69 Å². The van der Waals surface area contributed by atoms with Gasteiger partial charge in [-0.3, -0.25) is 10.2 Å². The lowest BCUT2D eigenvalue weighted by molar-refractivity contribution is 0.102. The lowest BCUT2D eigenvalue weighted by atomic mass is 10.1. The number of anilines is 1. The van der Waals surface area contributed by atoms with Gasteiger partial charge in [0.2, 0.25) is 5.55 Å². The maximum Gasteiger partial charge on any atom is 0.261 e. The van der Waals surface area contributed by atoms with Gasteiger partial charge < -0.3 is 14.5 Å². The minimum atomic E-state index is -0.378. The Balaban J connectivity index is 1.97. The number of benzene rings is 2. The fourth-order valence-electron chi connectivity index (χ4n) is 2.41. The molecule has 3 aromatic rings. The standard InChI is InChI=1S/C19H18N2O3/c1-3-23-16-6-4-5-13-11-15(18(20)24-17(13)16)19(22)21-14-9-7-12(2)8-10-14/h4-11,20H,3H2,1-2H3,(H,21,22). The van der Waals surface area contributed by atoms with Crippen molar-refractivity contribution in [3.8, 4) is 5.75 Å². The van der Waals surface area contributed by atoms with E-state index in [-0.39, 0.29) is 17.0 Å². The Labute approximate surface area is 139 Å². The molecule has 5 heteroatoms. The van der Waals surface area contributed by atoms with E-state index in [0.717, 1.165) is 5.56 Å². The van der Waals surface area contributed by atoms with Crippen LogP contribution >= 0.6 is 0 Å². The number of rotatable bonds is 4. The number of hydrogen-bond donors (Lipinski definition) is 2. The molecule has 0 bridgehead atoms. The van der Waals surface area contributed by atoms with Gasteiger partial charge in [0.25, 0.3) is 5.91 Å². The molecule has 1 aromatic heterocycles. The highest BCUT2D eigenvalue weighted by atomic mass is 16.5. The molecule has 1 amide bonds. The van der Waals surface area contributed by atoms with Crippen molar-refractivity contribution in [3.05, 3.63) is 65.2 Å². The number of fused-ring (bicyclic) bond motifs is 1. The number of hydrogen-bond acceptors (Lipinski definition) is 4. The molecule has 24 heavy (non-hydrogen) atoms. The van der Waals surface area contributed by atoms with E-state index in [1.165, 1.54) is 0 Å². The third-order valence-corrected chi connectivity index (χ3v) is 3.61. The van der Waals surface area contributed by atoms with Crippen LogP contribution in [0.1, 0.15) is 22.8 Å². The van der Waals surface area contributed by atoms with Crippen LogP contribution in [0.3, 0.4) is 0 Å². The third-order valence-electron chi connectivity index (χ3n) is 3.61. The van der Waals surface area contributed by atoms with E-state index in [9.17, 15) is 4.79 Å². The van der Waals surface area contributed by atoms with Gasteiger partial charge >= 0.3 is 0 Å². The van der Waals surface area contributed by atoms with Gasteiger partial charge in [0.05, 0.1) is 6.61 Å². The molecule has 0 aliphatic rings. The number of carbonyl (C=O) groups excluding carboxylic acids is 1. The summed E-state index contributed by atoms with van der Waals surface area (Å²) in [6.45, 7) is 4.35. The average molecular weight is 322 g/mol. The molecule has 2 N–H and O–H groups in total. The topological polar surface area (TPSA) is 75.3 Å². The molecule has 3 rings (SSSR count). The van der Waals surface area contributed by atoms with Crippen molar-refractivity contribution in [1.82, 2.24) is 0 Å². The second-order valence-corrected chi connectivity index (χ2v) is 5.42. The van der Waals surface area contributed by atoms with Crippen LogP contribution < -0.4 is 15.6 Å². The molecule has 2 aromatic carbocycles. The SMILES string of the molecule is CCOc1cccc2cc(C(=O)Nc3ccc(C)cc3)c(=N)oc12. The van der Waals surface area contributed by atoms with Gasteiger partial charge in [0, 0.05) is 11.1 Å². The Hall–Kier alpha value is -3.08. The zero-order chi connectivity index (χ0) is 17.1. The van der Waals surface area contributed by atoms with Crippen LogP contribution in [0, 0.1) is 12.3 Å². The van der Waals surface area contributed by atoms with E-state index in [4.69, 9.17) is 14.6 Å². The molecule has 122 valence electrons. The first-order chi connectivity index (χ1) is 11.6. The predicted octanol–water partition coefficient (Wildman–Crippen LogP) is 3.87. The van der Waals surface area contributed by atoms with Gasteiger partial charge in [0.15, 0.2) is 11.3 Å². The van der Waals surface area contributed by atoms with Crippen LogP contribution in [0.2, 0.25) is 0 Å². The van der Waals surface area contributed by atoms with Crippen LogP contribution in [0.5, 0.6) is 5.75 Å². The Morgan fingerprint density at radius 1 is 1.21 bits per heavy atom. The van der Waals surface area contributed by atoms with Crippen molar-refractivity contribution >= 4 is 22.6 Å². The monoisotopic (exact) mass is 322 g/mol. The number of para-hydroxylation sites is 1. The summed E-state index contributed by atoms with van der Waals surface area (Å²) in [6, 6.07) is 14.5. The van der Waals surface area contributed by atoms with Crippen LogP contribution in [-0.4, -0.2) is 12.5 Å². The molecule has 0 unspecified atom stereocenters. The molecule has 0 atom stereocenters. The molecule has 0 spiro atoms. The Bertz CT molecular complexity index is 943. The molecule has 5 nitrogen and oxygen atoms in total. The number of nitrogens with one attached hydrogen (secondary N) is 2. The lowest BCUT2D eigenvalue weighted by Crippen LogP contribution is -2.20. The van der Waals surface area contributed by atoms with Gasteiger partial charge in [-0.15, -0.1) is 0 Å². The first-order valence-electron chi connectivity index (χ1n) is 7.71. The summed E-state index contributed by atoms with van der Waals surface area (Å²) >= 11 is 0. The van der Waals surface area contributed by atoms with E-state index in [0.29, 0.717) is 29.0 Å². The number of carbonyl (C=O) groups is 1. The molecule has 0 saturated heterocycles. The molecular formula is C19H18N2O3. The third kappa shape index (κ3) is 3.15. The Morgan fingerprint density at radius 3 is 2.67 bits per heavy atom. The van der Waals surface area contributed by atoms with E-state index in [1.54, 1.807) is 12.1 Å². The lowest BCUT2D eigenvalue weighted by Gasteiger charge is -2.09. The average Bonchev–Trinajstić information content (AvgIpc) is 2.57. The first kappa shape index (κ1) is 15.8. The summed E-state index contributed by atoms with van der Waals surface area (Å²) in [4.78, 5) is 12.5. The normalized spacial score (nSPS) is 10.6. The molecule has 0 aliphatic carbocycles. The van der Waals surface area contributed by atoms with Crippen molar-refractivity contribution in [1.29, 1.82) is 5.41 Å². The van der Waals surface area contributed by atoms with Crippen molar-refractivity contribution in [2.24, 2.45) is 0 Å². The van der Waals surface area contributed by atoms with Gasteiger partial charge in [-0.1, -0.05) is 29.8 Å². The molecule has 1 heterocycles. The van der Waals surface area contributed by atoms with Crippen molar-refractivity contribution in [2.45, 2.75) is 13.8 Å². The minimum Gasteiger partial charge on any atom is -0.490 e. The van der Waals surface area contributed by atoms with Crippen LogP contribution in [0.25, 0.3) is 11.0 Å². The fraction of sp³-hybridized carbons (Fsp3) is 0.158. The van der Waals surface area contributed by atoms with Crippen LogP contribution in [0.15, 0.2) is 52.9 Å². The smallest absolute Gasteiger partial charge is 0.261 e. The zero-order valence-corrected chi connectivity index (χ0v) is 13.6. The maximum absolute atomic E-state index is 12.5. The largest absolute Gasteiger partial charge is 0.490 e. The maximum atomic E-state index is 12.5. The summed E-state index contributed by atoms with van der Waals surface area (Å²) in [7, 11) is 0. The Kier molecular flexibility index (Phi) is 4.33. The van der Waals surface area contributed by atoms with Gasteiger partial charge in [-0.25, -0.2) is 0 Å². The molecule has 0 radical (unpaired) electrons. The summed E-state index contributed by atoms with van der Waals surface area (Å²) in [5.74, 6) is 0.185. The number of ether oxygens (including phenoxy) is 1. The summed E-state index contributed by atoms with van der Waals surface area (Å²) in [6.07, 6.45) is 0. The van der Waals surface area contributed by atoms with Crippen molar-refractivity contribution in [2.75, 3.05) is 11.9 Å². The minimum absolute atomic E-state index is 0.178. The summed E-state index contributed by atoms with van der Waals surface area (Å²) < 4.78 is 11.0. The molecule has 0 aliphatic heterocycles. The fourth-order valence-corrected chi connectivity index (χ4v) is 2.41. The second kappa shape index (κ2) is 6.58. The quantitative estimate of drug-likeness (QED) is 0.765. The van der Waals surface area contributed by atoms with Crippen LogP contribution in [-0.2, 0) is 0 Å². The molecule has 0 fully saturated rings. The first-order valence-corrected chi connectivity index (χ1v) is 7.71. The van der Waals surface area contributed by atoms with Gasteiger partial charge in [-0.05, 0) is 38.1 Å². The van der Waals surface area contributed by atoms with E-state index >= 15 is 0 Å². The van der Waals surface area contributed by atoms with E-state index < -0.39 is 0 Å². The molecule has 0 saturated carbocycles. The highest BCUT2D eigenvalue weighted by molar-refractivity contribution is 6.05. The summed E-state index contributed by atoms with van der Waals surface area (Å²) in [5.41, 5.74) is 2.23. The number of aryl methyl sites for hydroxylation is 1. The predicted molar refractivity (Wildman–Crippen MR) is 92.4 cm³/mol. The Morgan fingerprint density at radius 2 is 1.96 bits per heavy atom. The van der Waals surface area contributed by atoms with Crippen molar-refractivity contribution in [3.63, 3.8) is 0 Å². The van der Waals surface area contributed by atoms with Crippen molar-refractivity contribution < 1.29 is 13.9 Å². The molecular weight excluding hydrogens is 304 g/mol. The number of amides is 1. The second-order valence-electron chi connectivity index (χ2n) is 5.42. The zero-order valence-electron chi connectivity index (χ0n) is 13.6. The highest BCUT2D eigenvalue weighted by Gasteiger charge is 2.14. The summed E-state index contributed by atoms with van der Waals surface area (Å²) in [5, 5.41) is 11.5. The van der Waals surface area contributed by atoms with Gasteiger partial charge in [-0.2, -0.15) is 0 Å². The van der Waals surface area contributed by atoms with E-state index in [2.05, 4.69) is 5.32 Å². The van der Waals surface area contributed by atoms with E-state index in [1.807, 2.05) is 50.2 Å². The highest BCUT2D eigenvalue weighted by Crippen LogP contribution is 2.25. The van der Waals surface area contributed by atoms with Gasteiger partial charge in [0.1, 0.15) is 5.56 Å².